The molecule has 0 fully saturated rings. The zero-order valence-electron chi connectivity index (χ0n) is 8.14. The Bertz CT molecular complexity index is 413. The standard InChI is InChI=1S/C9H7Cl2F2NO2/c1-16-6(15)3-4-2-5(10)8(11)14-7(4)9(12)13/h2,9H,3H2,1H3. The molecular formula is C9H7Cl2F2NO2. The highest BCUT2D eigenvalue weighted by Crippen LogP contribution is 2.28. The number of pyridine rings is 1. The first-order valence-corrected chi connectivity index (χ1v) is 4.91. The minimum absolute atomic E-state index is 0.0104. The summed E-state index contributed by atoms with van der Waals surface area (Å²) in [7, 11) is 1.16. The fourth-order valence-corrected chi connectivity index (χ4v) is 1.40. The highest BCUT2D eigenvalue weighted by Gasteiger charge is 2.19. The predicted octanol–water partition coefficient (Wildman–Crippen LogP) is 3.04. The average molecular weight is 270 g/mol. The Morgan fingerprint density at radius 3 is 2.69 bits per heavy atom. The molecule has 1 rings (SSSR count). The van der Waals surface area contributed by atoms with Crippen LogP contribution in [0, 0.1) is 0 Å². The number of carbonyl (C=O) groups excluding carboxylic acids is 1. The molecule has 0 radical (unpaired) electrons. The molecule has 1 heterocycles. The summed E-state index contributed by atoms with van der Waals surface area (Å²) in [4.78, 5) is 14.4. The third kappa shape index (κ3) is 3.02. The van der Waals surface area contributed by atoms with E-state index in [1.165, 1.54) is 6.07 Å². The first-order valence-electron chi connectivity index (χ1n) is 4.15. The first-order chi connectivity index (χ1) is 7.45. The van der Waals surface area contributed by atoms with Crippen LogP contribution < -0.4 is 0 Å². The summed E-state index contributed by atoms with van der Waals surface area (Å²) in [6.07, 6.45) is -3.14. The van der Waals surface area contributed by atoms with Crippen molar-refractivity contribution < 1.29 is 18.3 Å². The second-order valence-corrected chi connectivity index (χ2v) is 3.62. The summed E-state index contributed by atoms with van der Waals surface area (Å²) >= 11 is 11.1. The second kappa shape index (κ2) is 5.41. The van der Waals surface area contributed by atoms with E-state index in [2.05, 4.69) is 9.72 Å². The number of ether oxygens (including phenoxy) is 1. The monoisotopic (exact) mass is 269 g/mol. The molecule has 0 amide bonds. The van der Waals surface area contributed by atoms with Gasteiger partial charge in [-0.05, 0) is 11.6 Å². The molecule has 0 aliphatic heterocycles. The van der Waals surface area contributed by atoms with Crippen molar-refractivity contribution in [2.24, 2.45) is 0 Å². The molecule has 0 spiro atoms. The molecule has 16 heavy (non-hydrogen) atoms. The molecule has 0 saturated carbocycles. The Morgan fingerprint density at radius 2 is 2.19 bits per heavy atom. The number of rotatable bonds is 3. The molecule has 0 bridgehead atoms. The molecule has 0 atom stereocenters. The van der Waals surface area contributed by atoms with E-state index in [0.29, 0.717) is 0 Å². The maximum absolute atomic E-state index is 12.6. The molecule has 1 aromatic heterocycles. The van der Waals surface area contributed by atoms with Crippen molar-refractivity contribution in [3.05, 3.63) is 27.5 Å². The van der Waals surface area contributed by atoms with Crippen molar-refractivity contribution in [2.75, 3.05) is 7.11 Å². The maximum Gasteiger partial charge on any atom is 0.310 e. The van der Waals surface area contributed by atoms with E-state index < -0.39 is 18.1 Å². The SMILES string of the molecule is COC(=O)Cc1cc(Cl)c(Cl)nc1C(F)F. The number of alkyl halides is 2. The van der Waals surface area contributed by atoms with Gasteiger partial charge in [-0.3, -0.25) is 4.79 Å². The van der Waals surface area contributed by atoms with Crippen LogP contribution in [0.4, 0.5) is 8.78 Å². The summed E-state index contributed by atoms with van der Waals surface area (Å²) in [5, 5.41) is -0.199. The zero-order chi connectivity index (χ0) is 12.3. The van der Waals surface area contributed by atoms with Crippen LogP contribution in [0.3, 0.4) is 0 Å². The van der Waals surface area contributed by atoms with Gasteiger partial charge in [-0.2, -0.15) is 0 Å². The number of methoxy groups -OCH3 is 1. The summed E-state index contributed by atoms with van der Waals surface area (Å²) in [5.41, 5.74) is -0.545. The fraction of sp³-hybridized carbons (Fsp3) is 0.333. The van der Waals surface area contributed by atoms with Gasteiger partial charge in [-0.15, -0.1) is 0 Å². The summed E-state index contributed by atoms with van der Waals surface area (Å²) in [6, 6.07) is 1.19. The zero-order valence-corrected chi connectivity index (χ0v) is 9.65. The van der Waals surface area contributed by atoms with Crippen molar-refractivity contribution in [3.63, 3.8) is 0 Å². The van der Waals surface area contributed by atoms with Gasteiger partial charge in [0.25, 0.3) is 6.43 Å². The van der Waals surface area contributed by atoms with E-state index in [9.17, 15) is 13.6 Å². The molecule has 88 valence electrons. The fourth-order valence-electron chi connectivity index (χ4n) is 1.08. The highest BCUT2D eigenvalue weighted by molar-refractivity contribution is 6.41. The summed E-state index contributed by atoms with van der Waals surface area (Å²) < 4.78 is 29.5. The topological polar surface area (TPSA) is 39.2 Å². The van der Waals surface area contributed by atoms with Crippen molar-refractivity contribution in [3.8, 4) is 0 Å². The van der Waals surface area contributed by atoms with Crippen LogP contribution in [-0.2, 0) is 16.0 Å². The third-order valence-corrected chi connectivity index (χ3v) is 2.49. The van der Waals surface area contributed by atoms with Crippen LogP contribution in [0.25, 0.3) is 0 Å². The molecule has 0 aliphatic carbocycles. The van der Waals surface area contributed by atoms with Gasteiger partial charge >= 0.3 is 5.97 Å². The van der Waals surface area contributed by atoms with E-state index >= 15 is 0 Å². The quantitative estimate of drug-likeness (QED) is 0.626. The molecular weight excluding hydrogens is 263 g/mol. The van der Waals surface area contributed by atoms with Gasteiger partial charge in [0, 0.05) is 0 Å². The van der Waals surface area contributed by atoms with Gasteiger partial charge in [-0.1, -0.05) is 23.2 Å². The summed E-state index contributed by atoms with van der Waals surface area (Å²) in [5.74, 6) is -0.651. The van der Waals surface area contributed by atoms with Gasteiger partial charge in [0.05, 0.1) is 18.6 Å². The van der Waals surface area contributed by atoms with Crippen molar-refractivity contribution in [1.29, 1.82) is 0 Å². The largest absolute Gasteiger partial charge is 0.469 e. The van der Waals surface area contributed by atoms with Crippen LogP contribution in [0.15, 0.2) is 6.07 Å². The Kier molecular flexibility index (Phi) is 4.44. The van der Waals surface area contributed by atoms with Gasteiger partial charge in [0.15, 0.2) is 0 Å². The van der Waals surface area contributed by atoms with Crippen molar-refractivity contribution in [2.45, 2.75) is 12.8 Å². The van der Waals surface area contributed by atoms with Gasteiger partial charge in [0.2, 0.25) is 0 Å². The van der Waals surface area contributed by atoms with Crippen molar-refractivity contribution >= 4 is 29.2 Å². The maximum atomic E-state index is 12.6. The van der Waals surface area contributed by atoms with Gasteiger partial charge < -0.3 is 4.74 Å². The Balaban J connectivity index is 3.14. The number of esters is 1. The predicted molar refractivity (Wildman–Crippen MR) is 54.9 cm³/mol. The molecule has 0 aliphatic rings. The van der Waals surface area contributed by atoms with Crippen LogP contribution >= 0.6 is 23.2 Å². The first kappa shape index (κ1) is 13.1. The Morgan fingerprint density at radius 1 is 1.56 bits per heavy atom. The van der Waals surface area contributed by atoms with Gasteiger partial charge in [-0.25, -0.2) is 13.8 Å². The lowest BCUT2D eigenvalue weighted by atomic mass is 10.1. The van der Waals surface area contributed by atoms with Crippen LogP contribution in [0.1, 0.15) is 17.7 Å². The normalized spacial score (nSPS) is 10.6. The van der Waals surface area contributed by atoms with E-state index in [-0.39, 0.29) is 22.2 Å². The molecule has 0 saturated heterocycles. The number of hydrogen-bond donors (Lipinski definition) is 0. The minimum Gasteiger partial charge on any atom is -0.469 e. The third-order valence-electron chi connectivity index (χ3n) is 1.81. The lowest BCUT2D eigenvalue weighted by molar-refractivity contribution is -0.139. The van der Waals surface area contributed by atoms with E-state index in [1.807, 2.05) is 0 Å². The lowest BCUT2D eigenvalue weighted by Crippen LogP contribution is -2.08. The molecule has 0 N–H and O–H groups in total. The molecule has 1 aromatic rings. The van der Waals surface area contributed by atoms with E-state index in [4.69, 9.17) is 23.2 Å². The van der Waals surface area contributed by atoms with Crippen LogP contribution in [0.2, 0.25) is 10.2 Å². The number of aromatic nitrogens is 1. The smallest absolute Gasteiger partial charge is 0.310 e. The van der Waals surface area contributed by atoms with Crippen LogP contribution in [0.5, 0.6) is 0 Å². The van der Waals surface area contributed by atoms with Gasteiger partial charge in [0.1, 0.15) is 10.8 Å². The number of carbonyl (C=O) groups is 1. The number of halogens is 4. The van der Waals surface area contributed by atoms with E-state index in [0.717, 1.165) is 7.11 Å². The number of hydrogen-bond acceptors (Lipinski definition) is 3. The molecule has 0 unspecified atom stereocenters. The molecule has 3 nitrogen and oxygen atoms in total. The number of nitrogens with zero attached hydrogens (tertiary/aromatic N) is 1. The minimum atomic E-state index is -2.82. The average Bonchev–Trinajstić information content (AvgIpc) is 2.22. The van der Waals surface area contributed by atoms with Crippen molar-refractivity contribution in [1.82, 2.24) is 4.98 Å². The molecule has 7 heteroatoms. The molecule has 0 aromatic carbocycles. The second-order valence-electron chi connectivity index (χ2n) is 2.86. The summed E-state index contributed by atoms with van der Waals surface area (Å²) in [6.45, 7) is 0. The lowest BCUT2D eigenvalue weighted by Gasteiger charge is -2.08. The highest BCUT2D eigenvalue weighted by atomic mass is 35.5. The van der Waals surface area contributed by atoms with Crippen LogP contribution in [-0.4, -0.2) is 18.1 Å². The Labute approximate surface area is 100 Å². The Hall–Kier alpha value is -0.940. The van der Waals surface area contributed by atoms with E-state index in [1.54, 1.807) is 0 Å².